The van der Waals surface area contributed by atoms with Crippen LogP contribution in [0.1, 0.15) is 15.9 Å². The Hall–Kier alpha value is -0.830. The van der Waals surface area contributed by atoms with Gasteiger partial charge in [0, 0.05) is 16.5 Å². The number of ketones is 1. The van der Waals surface area contributed by atoms with Gasteiger partial charge in [-0.15, -0.1) is 0 Å². The van der Waals surface area contributed by atoms with Gasteiger partial charge in [0.25, 0.3) is 0 Å². The van der Waals surface area contributed by atoms with E-state index in [0.29, 0.717) is 22.0 Å². The first-order valence-electron chi connectivity index (χ1n) is 5.29. The molecule has 2 aromatic carbocycles. The van der Waals surface area contributed by atoms with E-state index in [1.807, 2.05) is 24.3 Å². The highest BCUT2D eigenvalue weighted by Crippen LogP contribution is 2.24. The molecule has 0 aromatic heterocycles. The van der Waals surface area contributed by atoms with Crippen molar-refractivity contribution in [3.63, 3.8) is 0 Å². The summed E-state index contributed by atoms with van der Waals surface area (Å²) in [4.78, 5) is 12.1. The van der Waals surface area contributed by atoms with Gasteiger partial charge in [0.05, 0.1) is 10.0 Å². The molecule has 0 fully saturated rings. The molecule has 2 aromatic rings. The van der Waals surface area contributed by atoms with Crippen molar-refractivity contribution in [1.82, 2.24) is 0 Å². The first-order chi connectivity index (χ1) is 8.58. The summed E-state index contributed by atoms with van der Waals surface area (Å²) in [5.41, 5.74) is 1.52. The lowest BCUT2D eigenvalue weighted by Gasteiger charge is -2.05. The second kappa shape index (κ2) is 5.87. The van der Waals surface area contributed by atoms with Crippen LogP contribution in [-0.2, 0) is 6.42 Å². The van der Waals surface area contributed by atoms with Crippen molar-refractivity contribution in [3.05, 3.63) is 68.1 Å². The van der Waals surface area contributed by atoms with Crippen LogP contribution < -0.4 is 0 Å². The fraction of sp³-hybridized carbons (Fsp3) is 0.0714. The van der Waals surface area contributed by atoms with E-state index < -0.39 is 0 Å². The number of benzene rings is 2. The van der Waals surface area contributed by atoms with Crippen LogP contribution in [0.5, 0.6) is 0 Å². The molecule has 0 heterocycles. The van der Waals surface area contributed by atoms with Crippen molar-refractivity contribution in [3.8, 4) is 0 Å². The van der Waals surface area contributed by atoms with Crippen molar-refractivity contribution in [2.45, 2.75) is 6.42 Å². The summed E-state index contributed by atoms with van der Waals surface area (Å²) in [6.45, 7) is 0. The minimum atomic E-state index is 0.0425. The third kappa shape index (κ3) is 3.14. The molecule has 18 heavy (non-hydrogen) atoms. The van der Waals surface area contributed by atoms with Crippen LogP contribution in [0.3, 0.4) is 0 Å². The Bertz CT molecular complexity index is 596. The van der Waals surface area contributed by atoms with Crippen LogP contribution in [0, 0.1) is 0 Å². The molecule has 0 N–H and O–H groups in total. The molecular formula is C14H9BrCl2O. The Morgan fingerprint density at radius 1 is 1.06 bits per heavy atom. The molecule has 0 unspecified atom stereocenters. The summed E-state index contributed by atoms with van der Waals surface area (Å²) in [5, 5.41) is 0.961. The summed E-state index contributed by atoms with van der Waals surface area (Å²) in [5.74, 6) is 0.0425. The molecule has 0 radical (unpaired) electrons. The summed E-state index contributed by atoms with van der Waals surface area (Å²) in [6, 6.07) is 12.6. The van der Waals surface area contributed by atoms with Gasteiger partial charge in [-0.1, -0.05) is 63.4 Å². The lowest BCUT2D eigenvalue weighted by molar-refractivity contribution is 0.0992. The van der Waals surface area contributed by atoms with Gasteiger partial charge >= 0.3 is 0 Å². The Labute approximate surface area is 124 Å². The van der Waals surface area contributed by atoms with Crippen molar-refractivity contribution in [2.75, 3.05) is 0 Å². The minimum Gasteiger partial charge on any atom is -0.294 e. The van der Waals surface area contributed by atoms with Crippen molar-refractivity contribution >= 4 is 44.9 Å². The summed E-state index contributed by atoms with van der Waals surface area (Å²) < 4.78 is 0.801. The van der Waals surface area contributed by atoms with Gasteiger partial charge in [0.2, 0.25) is 0 Å². The molecule has 4 heteroatoms. The highest BCUT2D eigenvalue weighted by Gasteiger charge is 2.11. The maximum Gasteiger partial charge on any atom is 0.168 e. The van der Waals surface area contributed by atoms with Gasteiger partial charge in [-0.05, 0) is 23.8 Å². The Morgan fingerprint density at radius 2 is 1.78 bits per heavy atom. The van der Waals surface area contributed by atoms with Gasteiger partial charge in [0.1, 0.15) is 0 Å². The van der Waals surface area contributed by atoms with E-state index in [0.717, 1.165) is 10.0 Å². The molecule has 0 saturated carbocycles. The van der Waals surface area contributed by atoms with Crippen LogP contribution in [0.15, 0.2) is 46.9 Å². The zero-order valence-electron chi connectivity index (χ0n) is 9.29. The van der Waals surface area contributed by atoms with E-state index >= 15 is 0 Å². The maximum absolute atomic E-state index is 12.1. The summed E-state index contributed by atoms with van der Waals surface area (Å²) in [7, 11) is 0. The lowest BCUT2D eigenvalue weighted by Crippen LogP contribution is -2.04. The predicted molar refractivity (Wildman–Crippen MR) is 78.6 cm³/mol. The van der Waals surface area contributed by atoms with Crippen molar-refractivity contribution < 1.29 is 4.79 Å². The van der Waals surface area contributed by atoms with E-state index in [4.69, 9.17) is 23.2 Å². The van der Waals surface area contributed by atoms with Crippen LogP contribution in [0.2, 0.25) is 10.0 Å². The number of Topliss-reactive ketones (excluding diaryl/α,β-unsaturated/α-hetero) is 1. The molecule has 92 valence electrons. The van der Waals surface area contributed by atoms with E-state index in [1.54, 1.807) is 18.2 Å². The quantitative estimate of drug-likeness (QED) is 0.701. The smallest absolute Gasteiger partial charge is 0.168 e. The Balaban J connectivity index is 2.22. The molecule has 0 bridgehead atoms. The fourth-order valence-electron chi connectivity index (χ4n) is 1.62. The van der Waals surface area contributed by atoms with Crippen molar-refractivity contribution in [1.29, 1.82) is 0 Å². The Morgan fingerprint density at radius 3 is 2.44 bits per heavy atom. The third-order valence-electron chi connectivity index (χ3n) is 2.52. The number of hydrogen-bond acceptors (Lipinski definition) is 1. The van der Waals surface area contributed by atoms with Gasteiger partial charge in [-0.25, -0.2) is 0 Å². The minimum absolute atomic E-state index is 0.0425. The molecule has 0 saturated heterocycles. The van der Waals surface area contributed by atoms with Crippen molar-refractivity contribution in [2.24, 2.45) is 0 Å². The van der Waals surface area contributed by atoms with Gasteiger partial charge in [-0.3, -0.25) is 4.79 Å². The molecule has 0 spiro atoms. The van der Waals surface area contributed by atoms with E-state index in [1.165, 1.54) is 0 Å². The maximum atomic E-state index is 12.1. The first kappa shape index (κ1) is 13.6. The number of hydrogen-bond donors (Lipinski definition) is 0. The topological polar surface area (TPSA) is 17.1 Å². The highest BCUT2D eigenvalue weighted by molar-refractivity contribution is 9.10. The average Bonchev–Trinajstić information content (AvgIpc) is 2.34. The molecule has 0 aliphatic carbocycles. The molecule has 2 rings (SSSR count). The van der Waals surface area contributed by atoms with Crippen LogP contribution in [-0.4, -0.2) is 5.78 Å². The molecule has 1 nitrogen and oxygen atoms in total. The van der Waals surface area contributed by atoms with Crippen LogP contribution in [0.4, 0.5) is 0 Å². The summed E-state index contributed by atoms with van der Waals surface area (Å²) in [6.07, 6.45) is 0.305. The number of halogens is 3. The second-order valence-electron chi connectivity index (χ2n) is 3.83. The first-order valence-corrected chi connectivity index (χ1v) is 6.84. The number of carbonyl (C=O) groups excluding carboxylic acids is 1. The van der Waals surface area contributed by atoms with Gasteiger partial charge < -0.3 is 0 Å². The Kier molecular flexibility index (Phi) is 4.44. The molecule has 0 aliphatic heterocycles. The molecule has 0 aliphatic rings. The summed E-state index contributed by atoms with van der Waals surface area (Å²) >= 11 is 15.1. The monoisotopic (exact) mass is 342 g/mol. The highest BCUT2D eigenvalue weighted by atomic mass is 79.9. The number of carbonyl (C=O) groups is 1. The van der Waals surface area contributed by atoms with Crippen LogP contribution >= 0.6 is 39.1 Å². The zero-order chi connectivity index (χ0) is 13.1. The largest absolute Gasteiger partial charge is 0.294 e. The lowest BCUT2D eigenvalue weighted by atomic mass is 10.0. The predicted octanol–water partition coefficient (Wildman–Crippen LogP) is 5.18. The fourth-order valence-corrected chi connectivity index (χ4v) is 2.44. The normalized spacial score (nSPS) is 10.4. The van der Waals surface area contributed by atoms with Gasteiger partial charge in [-0.2, -0.15) is 0 Å². The SMILES string of the molecule is O=C(Cc1ccc(Cl)c(Cl)c1)c1ccccc1Br. The second-order valence-corrected chi connectivity index (χ2v) is 5.50. The average molecular weight is 344 g/mol. The molecule has 0 amide bonds. The van der Waals surface area contributed by atoms with Gasteiger partial charge in [0.15, 0.2) is 5.78 Å². The molecule has 0 atom stereocenters. The van der Waals surface area contributed by atoms with E-state index in [9.17, 15) is 4.79 Å². The van der Waals surface area contributed by atoms with Crippen LogP contribution in [0.25, 0.3) is 0 Å². The molecular weight excluding hydrogens is 335 g/mol. The standard InChI is InChI=1S/C14H9BrCl2O/c15-11-4-2-1-3-10(11)14(18)8-9-5-6-12(16)13(17)7-9/h1-7H,8H2. The number of rotatable bonds is 3. The van der Waals surface area contributed by atoms with E-state index in [2.05, 4.69) is 15.9 Å². The third-order valence-corrected chi connectivity index (χ3v) is 3.95. The van der Waals surface area contributed by atoms with E-state index in [-0.39, 0.29) is 5.78 Å². The zero-order valence-corrected chi connectivity index (χ0v) is 12.4.